The van der Waals surface area contributed by atoms with E-state index in [1.165, 1.54) is 37.1 Å². The van der Waals surface area contributed by atoms with E-state index >= 15 is 0 Å². The highest BCUT2D eigenvalue weighted by atomic mass is 16.3. The number of aliphatic hydroxyl groups excluding tert-OH is 1. The summed E-state index contributed by atoms with van der Waals surface area (Å²) >= 11 is 0. The van der Waals surface area contributed by atoms with Crippen LogP contribution in [0.3, 0.4) is 0 Å². The van der Waals surface area contributed by atoms with Gasteiger partial charge in [-0.15, -0.1) is 0 Å². The summed E-state index contributed by atoms with van der Waals surface area (Å²) in [5.41, 5.74) is 2.39. The van der Waals surface area contributed by atoms with E-state index in [0.717, 1.165) is 24.9 Å². The number of hydrogen-bond donors (Lipinski definition) is 2. The largest absolute Gasteiger partial charge is 0.395 e. The van der Waals surface area contributed by atoms with Crippen LogP contribution < -0.4 is 10.2 Å². The lowest BCUT2D eigenvalue weighted by Crippen LogP contribution is -2.26. The summed E-state index contributed by atoms with van der Waals surface area (Å²) < 4.78 is 0. The molecule has 0 spiro atoms. The summed E-state index contributed by atoms with van der Waals surface area (Å²) in [7, 11) is 0. The molecule has 1 aromatic carbocycles. The lowest BCUT2D eigenvalue weighted by molar-refractivity contribution is 0.300. The smallest absolute Gasteiger partial charge is 0.0606 e. The maximum absolute atomic E-state index is 9.08. The van der Waals surface area contributed by atoms with Gasteiger partial charge in [-0.25, -0.2) is 0 Å². The minimum absolute atomic E-state index is 0.202. The molecule has 0 saturated heterocycles. The van der Waals surface area contributed by atoms with Crippen LogP contribution in [0.4, 0.5) is 11.4 Å². The van der Waals surface area contributed by atoms with Crippen molar-refractivity contribution >= 4 is 11.4 Å². The van der Waals surface area contributed by atoms with Crippen LogP contribution in [-0.2, 0) is 0 Å². The number of anilines is 2. The zero-order valence-corrected chi connectivity index (χ0v) is 13.5. The van der Waals surface area contributed by atoms with Crippen molar-refractivity contribution in [3.8, 4) is 0 Å². The van der Waals surface area contributed by atoms with Crippen LogP contribution in [-0.4, -0.2) is 31.3 Å². The molecule has 0 unspecified atom stereocenters. The second kappa shape index (κ2) is 8.28. The van der Waals surface area contributed by atoms with Crippen LogP contribution >= 0.6 is 0 Å². The van der Waals surface area contributed by atoms with Crippen molar-refractivity contribution in [2.24, 2.45) is 11.8 Å². The number of hydrogen-bond acceptors (Lipinski definition) is 3. The molecular weight excluding hydrogens is 260 g/mol. The van der Waals surface area contributed by atoms with Crippen molar-refractivity contribution in [1.29, 1.82) is 0 Å². The number of rotatable bonds is 7. The molecule has 3 nitrogen and oxygen atoms in total. The second-order valence-corrected chi connectivity index (χ2v) is 6.36. The zero-order valence-electron chi connectivity index (χ0n) is 13.5. The van der Waals surface area contributed by atoms with E-state index in [1.807, 2.05) is 0 Å². The lowest BCUT2D eigenvalue weighted by atomic mass is 9.83. The molecule has 1 aliphatic rings. The Morgan fingerprint density at radius 1 is 1.14 bits per heavy atom. The van der Waals surface area contributed by atoms with E-state index in [0.29, 0.717) is 6.54 Å². The van der Waals surface area contributed by atoms with Gasteiger partial charge < -0.3 is 15.3 Å². The molecule has 1 fully saturated rings. The Morgan fingerprint density at radius 3 is 2.38 bits per heavy atom. The van der Waals surface area contributed by atoms with Crippen LogP contribution in [0.25, 0.3) is 0 Å². The predicted octanol–water partition coefficient (Wildman–Crippen LogP) is 3.74. The first-order valence-corrected chi connectivity index (χ1v) is 8.42. The summed E-state index contributed by atoms with van der Waals surface area (Å²) in [6.45, 7) is 7.41. The number of aliphatic hydroxyl groups is 1. The average molecular weight is 290 g/mol. The topological polar surface area (TPSA) is 35.5 Å². The summed E-state index contributed by atoms with van der Waals surface area (Å²) in [5.74, 6) is 1.76. The molecule has 1 aliphatic carbocycles. The van der Waals surface area contributed by atoms with Gasteiger partial charge in [0.05, 0.1) is 6.61 Å². The SMILES string of the molecule is CCN(CCO)c1ccc(NCC2CCC(C)CC2)cc1. The molecular formula is C18H30N2O. The molecule has 0 aliphatic heterocycles. The molecule has 0 heterocycles. The Morgan fingerprint density at radius 2 is 1.81 bits per heavy atom. The van der Waals surface area contributed by atoms with Crippen molar-refractivity contribution in [3.05, 3.63) is 24.3 Å². The maximum atomic E-state index is 9.08. The fourth-order valence-electron chi connectivity index (χ4n) is 3.18. The number of benzene rings is 1. The average Bonchev–Trinajstić information content (AvgIpc) is 2.53. The minimum Gasteiger partial charge on any atom is -0.395 e. The molecule has 1 saturated carbocycles. The molecule has 0 atom stereocenters. The molecule has 0 radical (unpaired) electrons. The first-order chi connectivity index (χ1) is 10.2. The van der Waals surface area contributed by atoms with E-state index in [2.05, 4.69) is 48.3 Å². The van der Waals surface area contributed by atoms with Crippen molar-refractivity contribution in [3.63, 3.8) is 0 Å². The fraction of sp³-hybridized carbons (Fsp3) is 0.667. The molecule has 1 aromatic rings. The third kappa shape index (κ3) is 4.92. The number of likely N-dealkylation sites (N-methyl/N-ethyl adjacent to an activating group) is 1. The Balaban J connectivity index is 1.82. The van der Waals surface area contributed by atoms with Gasteiger partial charge in [-0.05, 0) is 55.9 Å². The summed E-state index contributed by atoms with van der Waals surface area (Å²) in [6.07, 6.45) is 5.51. The Labute approximate surface area is 129 Å². The Hall–Kier alpha value is -1.22. The van der Waals surface area contributed by atoms with Gasteiger partial charge in [0.25, 0.3) is 0 Å². The quantitative estimate of drug-likeness (QED) is 0.803. The van der Waals surface area contributed by atoms with Crippen molar-refractivity contribution in [2.75, 3.05) is 36.5 Å². The van der Waals surface area contributed by atoms with Crippen molar-refractivity contribution in [1.82, 2.24) is 0 Å². The highest BCUT2D eigenvalue weighted by Crippen LogP contribution is 2.28. The normalized spacial score (nSPS) is 22.0. The number of nitrogens with zero attached hydrogens (tertiary/aromatic N) is 1. The van der Waals surface area contributed by atoms with Gasteiger partial charge in [0.1, 0.15) is 0 Å². The Kier molecular flexibility index (Phi) is 6.37. The van der Waals surface area contributed by atoms with E-state index in [1.54, 1.807) is 0 Å². The molecule has 2 rings (SSSR count). The van der Waals surface area contributed by atoms with Crippen LogP contribution in [0.5, 0.6) is 0 Å². The molecule has 0 amide bonds. The standard InChI is InChI=1S/C18H30N2O/c1-3-20(12-13-21)18-10-8-17(9-11-18)19-14-16-6-4-15(2)5-7-16/h8-11,15-16,19,21H,3-7,12-14H2,1-2H3. The third-order valence-corrected chi connectivity index (χ3v) is 4.71. The summed E-state index contributed by atoms with van der Waals surface area (Å²) in [5, 5.41) is 12.7. The van der Waals surface area contributed by atoms with Gasteiger partial charge in [-0.2, -0.15) is 0 Å². The molecule has 2 N–H and O–H groups in total. The second-order valence-electron chi connectivity index (χ2n) is 6.36. The molecule has 0 aromatic heterocycles. The summed E-state index contributed by atoms with van der Waals surface area (Å²) in [6, 6.07) is 8.59. The predicted molar refractivity (Wildman–Crippen MR) is 91.0 cm³/mol. The van der Waals surface area contributed by atoms with E-state index in [4.69, 9.17) is 5.11 Å². The van der Waals surface area contributed by atoms with Gasteiger partial charge in [-0.3, -0.25) is 0 Å². The lowest BCUT2D eigenvalue weighted by Gasteiger charge is -2.26. The molecule has 21 heavy (non-hydrogen) atoms. The molecule has 3 heteroatoms. The monoisotopic (exact) mass is 290 g/mol. The molecule has 118 valence electrons. The van der Waals surface area contributed by atoms with Gasteiger partial charge in [0, 0.05) is 31.0 Å². The summed E-state index contributed by atoms with van der Waals surface area (Å²) in [4.78, 5) is 2.19. The number of nitrogens with one attached hydrogen (secondary N) is 1. The third-order valence-electron chi connectivity index (χ3n) is 4.71. The van der Waals surface area contributed by atoms with Crippen LogP contribution in [0.2, 0.25) is 0 Å². The van der Waals surface area contributed by atoms with E-state index in [9.17, 15) is 0 Å². The van der Waals surface area contributed by atoms with Crippen molar-refractivity contribution < 1.29 is 5.11 Å². The highest BCUT2D eigenvalue weighted by molar-refractivity contribution is 5.55. The van der Waals surface area contributed by atoms with Gasteiger partial charge in [-0.1, -0.05) is 19.8 Å². The van der Waals surface area contributed by atoms with Gasteiger partial charge in [0.2, 0.25) is 0 Å². The fourth-order valence-corrected chi connectivity index (χ4v) is 3.18. The van der Waals surface area contributed by atoms with Gasteiger partial charge >= 0.3 is 0 Å². The van der Waals surface area contributed by atoms with Crippen LogP contribution in [0.15, 0.2) is 24.3 Å². The molecule has 0 bridgehead atoms. The van der Waals surface area contributed by atoms with Crippen LogP contribution in [0, 0.1) is 11.8 Å². The minimum atomic E-state index is 0.202. The van der Waals surface area contributed by atoms with E-state index < -0.39 is 0 Å². The Bertz CT molecular complexity index is 396. The highest BCUT2D eigenvalue weighted by Gasteiger charge is 2.17. The van der Waals surface area contributed by atoms with Crippen molar-refractivity contribution in [2.45, 2.75) is 39.5 Å². The zero-order chi connectivity index (χ0) is 15.1. The van der Waals surface area contributed by atoms with Gasteiger partial charge in [0.15, 0.2) is 0 Å². The maximum Gasteiger partial charge on any atom is 0.0606 e. The first kappa shape index (κ1) is 16.2. The van der Waals surface area contributed by atoms with E-state index in [-0.39, 0.29) is 6.61 Å². The van der Waals surface area contributed by atoms with Crippen LogP contribution in [0.1, 0.15) is 39.5 Å². The first-order valence-electron chi connectivity index (χ1n) is 8.42.